The molecule has 0 aliphatic carbocycles. The normalized spacial score (nSPS) is 10.1. The van der Waals surface area contributed by atoms with Crippen LogP contribution in [-0.4, -0.2) is 24.3 Å². The summed E-state index contributed by atoms with van der Waals surface area (Å²) in [6.45, 7) is 3.87. The Balaban J connectivity index is 1.74. The smallest absolute Gasteiger partial charge is 0.276 e. The van der Waals surface area contributed by atoms with Gasteiger partial charge in [-0.2, -0.15) is 0 Å². The van der Waals surface area contributed by atoms with Gasteiger partial charge in [-0.3, -0.25) is 25.2 Å². The van der Waals surface area contributed by atoms with E-state index in [4.69, 9.17) is 4.74 Å². The third-order valence-corrected chi connectivity index (χ3v) is 4.21. The number of nitrogens with one attached hydrogen (secondary N) is 3. The molecule has 29 heavy (non-hydrogen) atoms. The van der Waals surface area contributed by atoms with Gasteiger partial charge in [-0.1, -0.05) is 32.4 Å². The minimum absolute atomic E-state index is 0.0550. The number of aryl methyl sites for hydroxylation is 1. The maximum atomic E-state index is 12.1. The topological polar surface area (TPSA) is 96.5 Å². The molecule has 7 nitrogen and oxygen atoms in total. The van der Waals surface area contributed by atoms with Crippen molar-refractivity contribution in [3.8, 4) is 5.75 Å². The van der Waals surface area contributed by atoms with Crippen molar-refractivity contribution in [2.45, 2.75) is 39.5 Å². The molecule has 0 radical (unpaired) electrons. The molecule has 0 fully saturated rings. The van der Waals surface area contributed by atoms with Crippen LogP contribution in [0.3, 0.4) is 0 Å². The van der Waals surface area contributed by atoms with Gasteiger partial charge in [0.1, 0.15) is 5.75 Å². The highest BCUT2D eigenvalue weighted by Gasteiger charge is 2.09. The maximum Gasteiger partial charge on any atom is 0.276 e. The van der Waals surface area contributed by atoms with Crippen LogP contribution in [-0.2, 0) is 16.0 Å². The molecule has 0 unspecified atom stereocenters. The number of anilines is 1. The quantitative estimate of drug-likeness (QED) is 0.566. The molecule has 0 spiro atoms. The van der Waals surface area contributed by atoms with Gasteiger partial charge in [0.25, 0.3) is 11.8 Å². The minimum atomic E-state index is -0.474. The average Bonchev–Trinajstić information content (AvgIpc) is 2.75. The van der Waals surface area contributed by atoms with E-state index in [1.165, 1.54) is 5.56 Å². The Bertz CT molecular complexity index is 817. The number of carbonyl (C=O) groups excluding carboxylic acids is 3. The standard InChI is InChI=1S/C22H27N3O4/c1-3-5-6-20(26)23-18-11-9-17(10-12-18)22(28)25-24-21(27)15-29-19-13-7-16(4-2)8-14-19/h7-14H,3-6,15H2,1-2H3,(H,23,26)(H,24,27)(H,25,28). The maximum absolute atomic E-state index is 12.1. The Morgan fingerprint density at radius 3 is 2.17 bits per heavy atom. The molecule has 154 valence electrons. The van der Waals surface area contributed by atoms with Crippen molar-refractivity contribution < 1.29 is 19.1 Å². The molecular formula is C22H27N3O4. The van der Waals surface area contributed by atoms with E-state index in [1.54, 1.807) is 36.4 Å². The van der Waals surface area contributed by atoms with Gasteiger partial charge < -0.3 is 10.1 Å². The van der Waals surface area contributed by atoms with E-state index in [1.807, 2.05) is 19.1 Å². The fraction of sp³-hybridized carbons (Fsp3) is 0.318. The van der Waals surface area contributed by atoms with E-state index >= 15 is 0 Å². The van der Waals surface area contributed by atoms with Gasteiger partial charge in [-0.25, -0.2) is 0 Å². The van der Waals surface area contributed by atoms with Gasteiger partial charge in [-0.15, -0.1) is 0 Å². The van der Waals surface area contributed by atoms with Crippen LogP contribution < -0.4 is 20.9 Å². The van der Waals surface area contributed by atoms with Crippen molar-refractivity contribution >= 4 is 23.4 Å². The Morgan fingerprint density at radius 1 is 0.862 bits per heavy atom. The Hall–Kier alpha value is -3.35. The summed E-state index contributed by atoms with van der Waals surface area (Å²) in [6, 6.07) is 13.9. The van der Waals surface area contributed by atoms with Gasteiger partial charge in [-0.05, 0) is 54.8 Å². The van der Waals surface area contributed by atoms with Crippen LogP contribution in [0.15, 0.2) is 48.5 Å². The van der Waals surface area contributed by atoms with Crippen LogP contribution >= 0.6 is 0 Å². The fourth-order valence-electron chi connectivity index (χ4n) is 2.47. The first-order valence-corrected chi connectivity index (χ1v) is 9.72. The third kappa shape index (κ3) is 7.65. The lowest BCUT2D eigenvalue weighted by atomic mass is 10.2. The summed E-state index contributed by atoms with van der Waals surface area (Å²) in [4.78, 5) is 35.7. The summed E-state index contributed by atoms with van der Waals surface area (Å²) in [7, 11) is 0. The molecular weight excluding hydrogens is 370 g/mol. The number of hydrazine groups is 1. The summed E-state index contributed by atoms with van der Waals surface area (Å²) in [6.07, 6.45) is 3.18. The van der Waals surface area contributed by atoms with Crippen molar-refractivity contribution in [3.05, 3.63) is 59.7 Å². The average molecular weight is 397 g/mol. The molecule has 0 aliphatic heterocycles. The highest BCUT2D eigenvalue weighted by atomic mass is 16.5. The number of benzene rings is 2. The molecule has 0 aromatic heterocycles. The van der Waals surface area contributed by atoms with Gasteiger partial charge in [0, 0.05) is 17.7 Å². The van der Waals surface area contributed by atoms with Gasteiger partial charge in [0.15, 0.2) is 6.61 Å². The van der Waals surface area contributed by atoms with E-state index < -0.39 is 11.8 Å². The highest BCUT2D eigenvalue weighted by molar-refractivity contribution is 5.96. The molecule has 0 aliphatic rings. The van der Waals surface area contributed by atoms with E-state index in [0.717, 1.165) is 19.3 Å². The first kappa shape index (κ1) is 21.9. The molecule has 3 N–H and O–H groups in total. The predicted molar refractivity (Wildman–Crippen MR) is 112 cm³/mol. The summed E-state index contributed by atoms with van der Waals surface area (Å²) >= 11 is 0. The lowest BCUT2D eigenvalue weighted by Crippen LogP contribution is -2.43. The van der Waals surface area contributed by atoms with E-state index in [-0.39, 0.29) is 12.5 Å². The largest absolute Gasteiger partial charge is 0.484 e. The summed E-state index contributed by atoms with van der Waals surface area (Å²) in [5.41, 5.74) is 6.80. The summed E-state index contributed by atoms with van der Waals surface area (Å²) < 4.78 is 5.38. The van der Waals surface area contributed by atoms with Crippen molar-refractivity contribution in [1.29, 1.82) is 0 Å². The van der Waals surface area contributed by atoms with Crippen LogP contribution in [0.4, 0.5) is 5.69 Å². The Kier molecular flexibility index (Phi) is 8.69. The molecule has 3 amide bonds. The molecule has 2 rings (SSSR count). The fourth-order valence-corrected chi connectivity index (χ4v) is 2.47. The van der Waals surface area contributed by atoms with E-state index in [0.29, 0.717) is 23.4 Å². The van der Waals surface area contributed by atoms with Gasteiger partial charge in [0.2, 0.25) is 5.91 Å². The van der Waals surface area contributed by atoms with Crippen molar-refractivity contribution in [2.24, 2.45) is 0 Å². The monoisotopic (exact) mass is 397 g/mol. The molecule has 0 bridgehead atoms. The lowest BCUT2D eigenvalue weighted by Gasteiger charge is -2.10. The lowest BCUT2D eigenvalue weighted by molar-refractivity contribution is -0.123. The second kappa shape index (κ2) is 11.5. The number of hydrogen-bond acceptors (Lipinski definition) is 4. The van der Waals surface area contributed by atoms with Crippen LogP contribution in [0.25, 0.3) is 0 Å². The molecule has 0 saturated heterocycles. The van der Waals surface area contributed by atoms with Gasteiger partial charge in [0.05, 0.1) is 0 Å². The molecule has 7 heteroatoms. The van der Waals surface area contributed by atoms with Crippen molar-refractivity contribution in [3.63, 3.8) is 0 Å². The number of unbranched alkanes of at least 4 members (excludes halogenated alkanes) is 1. The Labute approximate surface area is 170 Å². The molecule has 0 saturated carbocycles. The number of ether oxygens (including phenoxy) is 1. The molecule has 0 atom stereocenters. The first-order valence-electron chi connectivity index (χ1n) is 9.72. The van der Waals surface area contributed by atoms with E-state index in [2.05, 4.69) is 23.1 Å². The zero-order valence-corrected chi connectivity index (χ0v) is 16.8. The SMILES string of the molecule is CCCCC(=O)Nc1ccc(C(=O)NNC(=O)COc2ccc(CC)cc2)cc1. The molecule has 2 aromatic rings. The van der Waals surface area contributed by atoms with Crippen LogP contribution in [0, 0.1) is 0 Å². The molecule has 0 heterocycles. The number of amides is 3. The zero-order chi connectivity index (χ0) is 21.1. The van der Waals surface area contributed by atoms with Crippen molar-refractivity contribution in [2.75, 3.05) is 11.9 Å². The van der Waals surface area contributed by atoms with E-state index in [9.17, 15) is 14.4 Å². The number of rotatable bonds is 9. The second-order valence-corrected chi connectivity index (χ2v) is 6.52. The zero-order valence-electron chi connectivity index (χ0n) is 16.8. The van der Waals surface area contributed by atoms with Crippen molar-refractivity contribution in [1.82, 2.24) is 10.9 Å². The summed E-state index contributed by atoms with van der Waals surface area (Å²) in [5.74, 6) is -0.409. The highest BCUT2D eigenvalue weighted by Crippen LogP contribution is 2.12. The second-order valence-electron chi connectivity index (χ2n) is 6.52. The van der Waals surface area contributed by atoms with Gasteiger partial charge >= 0.3 is 0 Å². The first-order chi connectivity index (χ1) is 14.0. The Morgan fingerprint density at radius 2 is 1.55 bits per heavy atom. The van der Waals surface area contributed by atoms with Crippen LogP contribution in [0.2, 0.25) is 0 Å². The predicted octanol–water partition coefficient (Wildman–Crippen LogP) is 3.22. The number of carbonyl (C=O) groups is 3. The number of hydrogen-bond donors (Lipinski definition) is 3. The third-order valence-electron chi connectivity index (χ3n) is 4.21. The molecule has 2 aromatic carbocycles. The summed E-state index contributed by atoms with van der Waals surface area (Å²) in [5, 5.41) is 2.78. The van der Waals surface area contributed by atoms with Crippen LogP contribution in [0.1, 0.15) is 49.0 Å². The van der Waals surface area contributed by atoms with Crippen LogP contribution in [0.5, 0.6) is 5.75 Å². The minimum Gasteiger partial charge on any atom is -0.484 e.